The first kappa shape index (κ1) is 29.5. The molecule has 0 aromatic heterocycles. The fraction of sp³-hybridized carbons (Fsp3) is 0.226. The van der Waals surface area contributed by atoms with Gasteiger partial charge in [0.1, 0.15) is 42.2 Å². The molecule has 3 amide bonds. The van der Waals surface area contributed by atoms with Crippen LogP contribution < -0.4 is 15.4 Å². The van der Waals surface area contributed by atoms with Crippen LogP contribution >= 0.6 is 11.8 Å². The number of β-lactam (4-membered cyclic amide) rings is 1. The Labute approximate surface area is 251 Å². The third-order valence-corrected chi connectivity index (χ3v) is 8.10. The number of alkyl carbamates (subject to hydrolysis) is 1. The normalized spacial score (nSPS) is 18.1. The summed E-state index contributed by atoms with van der Waals surface area (Å²) in [4.78, 5) is 53.3. The molecule has 0 radical (unpaired) electrons. The highest BCUT2D eigenvalue weighted by molar-refractivity contribution is 8.00. The van der Waals surface area contributed by atoms with Crippen molar-refractivity contribution in [2.24, 2.45) is 0 Å². The monoisotopic (exact) mass is 603 g/mol. The van der Waals surface area contributed by atoms with Crippen molar-refractivity contribution in [2.75, 3.05) is 12.9 Å². The number of fused-ring (bicyclic) bond motifs is 1. The number of ether oxygens (including phenoxy) is 3. The van der Waals surface area contributed by atoms with Gasteiger partial charge in [0.15, 0.2) is 5.70 Å². The van der Waals surface area contributed by atoms with Crippen LogP contribution in [0.2, 0.25) is 0 Å². The minimum atomic E-state index is -1.15. The van der Waals surface area contributed by atoms with E-state index in [2.05, 4.69) is 10.6 Å². The molecule has 0 bridgehead atoms. The number of methoxy groups -OCH3 is 1. The molecule has 1 saturated heterocycles. The summed E-state index contributed by atoms with van der Waals surface area (Å²) in [6.45, 7) is -0.0673. The van der Waals surface area contributed by atoms with Gasteiger partial charge in [0, 0.05) is 0 Å². The van der Waals surface area contributed by atoms with E-state index in [1.807, 2.05) is 18.2 Å². The molecule has 0 aliphatic carbocycles. The van der Waals surface area contributed by atoms with Gasteiger partial charge in [-0.1, -0.05) is 72.8 Å². The Morgan fingerprint density at radius 1 is 0.930 bits per heavy atom. The molecule has 2 aliphatic rings. The van der Waals surface area contributed by atoms with E-state index in [1.165, 1.54) is 11.8 Å². The third kappa shape index (κ3) is 6.75. The molecule has 2 heterocycles. The Bertz CT molecular complexity index is 1520. The minimum absolute atomic E-state index is 0.0117. The van der Waals surface area contributed by atoms with Crippen LogP contribution in [-0.4, -0.2) is 58.2 Å². The van der Waals surface area contributed by atoms with E-state index < -0.39 is 41.3 Å². The Kier molecular flexibility index (Phi) is 9.16. The second kappa shape index (κ2) is 13.3. The molecule has 0 saturated carbocycles. The molecule has 3 aromatic carbocycles. The first-order valence-corrected chi connectivity index (χ1v) is 14.4. The second-order valence-electron chi connectivity index (χ2n) is 9.67. The quantitative estimate of drug-likeness (QED) is 0.234. The van der Waals surface area contributed by atoms with Crippen LogP contribution in [0.3, 0.4) is 0 Å². The summed E-state index contributed by atoms with van der Waals surface area (Å²) in [5, 5.41) is 15.1. The lowest BCUT2D eigenvalue weighted by atomic mass is 10.0. The van der Waals surface area contributed by atoms with E-state index >= 15 is 0 Å². The number of amides is 3. The summed E-state index contributed by atoms with van der Waals surface area (Å²) in [6, 6.07) is 22.4. The average molecular weight is 604 g/mol. The average Bonchev–Trinajstić information content (AvgIpc) is 3.04. The van der Waals surface area contributed by atoms with Crippen LogP contribution in [0.5, 0.6) is 5.75 Å². The molecule has 11 nitrogen and oxygen atoms in total. The summed E-state index contributed by atoms with van der Waals surface area (Å²) in [5.74, 6) is -1.68. The van der Waals surface area contributed by atoms with Gasteiger partial charge in [-0.15, -0.1) is 11.8 Å². The largest absolute Gasteiger partial charge is 0.509 e. The maximum Gasteiger partial charge on any atom is 0.408 e. The molecule has 222 valence electrons. The minimum Gasteiger partial charge on any atom is -0.509 e. The van der Waals surface area contributed by atoms with Gasteiger partial charge in [-0.3, -0.25) is 14.5 Å². The molecule has 3 aromatic rings. The fourth-order valence-corrected chi connectivity index (χ4v) is 5.80. The van der Waals surface area contributed by atoms with Crippen LogP contribution in [0.25, 0.3) is 0 Å². The summed E-state index contributed by atoms with van der Waals surface area (Å²) in [5.41, 5.74) is 1.70. The van der Waals surface area contributed by atoms with Crippen molar-refractivity contribution in [3.63, 3.8) is 0 Å². The maximum absolute atomic E-state index is 13.4. The van der Waals surface area contributed by atoms with Crippen molar-refractivity contribution >= 4 is 35.6 Å². The van der Waals surface area contributed by atoms with Gasteiger partial charge in [-0.05, 0) is 28.8 Å². The molecule has 2 unspecified atom stereocenters. The molecular weight excluding hydrogens is 574 g/mol. The smallest absolute Gasteiger partial charge is 0.408 e. The van der Waals surface area contributed by atoms with Crippen molar-refractivity contribution in [1.29, 1.82) is 0 Å². The molecule has 43 heavy (non-hydrogen) atoms. The van der Waals surface area contributed by atoms with E-state index in [-0.39, 0.29) is 30.4 Å². The number of esters is 1. The number of carbonyl (C=O) groups is 4. The number of nitrogens with zero attached hydrogens (tertiary/aromatic N) is 1. The number of rotatable bonds is 10. The Balaban J connectivity index is 1.23. The highest BCUT2D eigenvalue weighted by Crippen LogP contribution is 2.40. The number of nitrogens with one attached hydrogen (secondary N) is 2. The van der Waals surface area contributed by atoms with Crippen LogP contribution in [-0.2, 0) is 37.1 Å². The van der Waals surface area contributed by atoms with Gasteiger partial charge in [0.2, 0.25) is 5.91 Å². The number of aliphatic hydroxyl groups is 1. The van der Waals surface area contributed by atoms with Gasteiger partial charge < -0.3 is 30.0 Å². The van der Waals surface area contributed by atoms with Crippen LogP contribution in [0, 0.1) is 0 Å². The van der Waals surface area contributed by atoms with E-state index in [4.69, 9.17) is 14.2 Å². The predicted octanol–water partition coefficient (Wildman–Crippen LogP) is 3.58. The van der Waals surface area contributed by atoms with E-state index in [9.17, 15) is 24.3 Å². The predicted molar refractivity (Wildman–Crippen MR) is 156 cm³/mol. The summed E-state index contributed by atoms with van der Waals surface area (Å²) < 4.78 is 15.8. The Morgan fingerprint density at radius 2 is 1.56 bits per heavy atom. The number of thioether (sulfide) groups is 1. The summed E-state index contributed by atoms with van der Waals surface area (Å²) >= 11 is 1.19. The number of aliphatic hydroxyl groups excluding tert-OH is 1. The molecule has 12 heteroatoms. The van der Waals surface area contributed by atoms with Gasteiger partial charge in [-0.2, -0.15) is 0 Å². The Hall–Kier alpha value is -4.97. The lowest BCUT2D eigenvalue weighted by Crippen LogP contribution is -2.71. The number of hydrogen-bond acceptors (Lipinski definition) is 9. The molecule has 3 atom stereocenters. The SMILES string of the molecule is COc1ccc(COC(=O)C2=C(O)CS[C@@H]3C(NC(=O)C(NC(=O)OCc4ccccc4)c4ccccc4)C(=O)N23)cc1. The molecule has 2 aliphatic heterocycles. The lowest BCUT2D eigenvalue weighted by molar-refractivity contribution is -0.154. The second-order valence-corrected chi connectivity index (χ2v) is 10.8. The van der Waals surface area contributed by atoms with Crippen LogP contribution in [0.4, 0.5) is 4.79 Å². The first-order chi connectivity index (χ1) is 20.9. The van der Waals surface area contributed by atoms with E-state index in [1.54, 1.807) is 73.8 Å². The van der Waals surface area contributed by atoms with Gasteiger partial charge >= 0.3 is 12.1 Å². The van der Waals surface area contributed by atoms with Crippen molar-refractivity contribution < 1.29 is 38.5 Å². The maximum atomic E-state index is 13.4. The number of carbonyl (C=O) groups excluding carboxylic acids is 4. The van der Waals surface area contributed by atoms with Crippen molar-refractivity contribution in [1.82, 2.24) is 15.5 Å². The molecule has 5 rings (SSSR count). The molecule has 0 spiro atoms. The van der Waals surface area contributed by atoms with Crippen molar-refractivity contribution in [3.8, 4) is 5.75 Å². The van der Waals surface area contributed by atoms with Gasteiger partial charge in [0.05, 0.1) is 12.9 Å². The van der Waals surface area contributed by atoms with Crippen molar-refractivity contribution in [2.45, 2.75) is 30.7 Å². The highest BCUT2D eigenvalue weighted by atomic mass is 32.2. The Morgan fingerprint density at radius 3 is 2.23 bits per heavy atom. The highest BCUT2D eigenvalue weighted by Gasteiger charge is 2.55. The molecular formula is C31H29N3O8S. The number of benzene rings is 3. The van der Waals surface area contributed by atoms with Crippen molar-refractivity contribution in [3.05, 3.63) is 113 Å². The van der Waals surface area contributed by atoms with Crippen LogP contribution in [0.1, 0.15) is 22.7 Å². The zero-order valence-electron chi connectivity index (χ0n) is 23.1. The number of hydrogen-bond donors (Lipinski definition) is 3. The zero-order valence-corrected chi connectivity index (χ0v) is 23.9. The summed E-state index contributed by atoms with van der Waals surface area (Å²) in [6.07, 6.45) is -0.809. The topological polar surface area (TPSA) is 144 Å². The van der Waals surface area contributed by atoms with E-state index in [0.717, 1.165) is 10.5 Å². The van der Waals surface area contributed by atoms with E-state index in [0.29, 0.717) is 16.9 Å². The zero-order chi connectivity index (χ0) is 30.3. The fourth-order valence-electron chi connectivity index (χ4n) is 4.60. The third-order valence-electron chi connectivity index (χ3n) is 6.84. The van der Waals surface area contributed by atoms with Crippen LogP contribution in [0.15, 0.2) is 96.4 Å². The van der Waals surface area contributed by atoms with Gasteiger partial charge in [-0.25, -0.2) is 9.59 Å². The standard InChI is InChI=1S/C31H29N3O8S/c1-40-22-14-12-20(13-15-22)16-41-30(38)26-23(35)18-43-29-25(28(37)34(26)29)32-27(36)24(21-10-6-3-7-11-21)33-31(39)42-17-19-8-4-2-5-9-19/h2-15,24-25,29,35H,16-18H2,1H3,(H,32,36)(H,33,39)/t24?,25?,29-/m1/s1. The first-order valence-electron chi connectivity index (χ1n) is 13.3. The molecule has 3 N–H and O–H groups in total. The van der Waals surface area contributed by atoms with Gasteiger partial charge in [0.25, 0.3) is 5.91 Å². The molecule has 1 fully saturated rings. The summed E-state index contributed by atoms with van der Waals surface area (Å²) in [7, 11) is 1.54. The lowest BCUT2D eigenvalue weighted by Gasteiger charge is -2.49.